The molecule has 2 fully saturated rings. The molecule has 34 heavy (non-hydrogen) atoms. The smallest absolute Gasteiger partial charge is 0.255 e. The Kier molecular flexibility index (Phi) is 5.46. The third-order valence-corrected chi connectivity index (χ3v) is 7.55. The molecule has 1 spiro atoms. The summed E-state index contributed by atoms with van der Waals surface area (Å²) in [5.41, 5.74) is 1.53. The van der Waals surface area contributed by atoms with Crippen molar-refractivity contribution < 1.29 is 18.8 Å². The van der Waals surface area contributed by atoms with Crippen molar-refractivity contribution in [1.82, 2.24) is 14.7 Å². The van der Waals surface area contributed by atoms with Gasteiger partial charge in [-0.3, -0.25) is 14.4 Å². The molecule has 3 aliphatic heterocycles. The van der Waals surface area contributed by atoms with Gasteiger partial charge in [0.25, 0.3) is 11.8 Å². The molecule has 2 saturated heterocycles. The summed E-state index contributed by atoms with van der Waals surface area (Å²) >= 11 is 0. The Balaban J connectivity index is 1.56. The Labute approximate surface area is 199 Å². The van der Waals surface area contributed by atoms with Crippen LogP contribution < -0.4 is 0 Å². The lowest BCUT2D eigenvalue weighted by Gasteiger charge is -2.62. The highest BCUT2D eigenvalue weighted by Gasteiger charge is 2.62. The third-order valence-electron chi connectivity index (χ3n) is 7.55. The molecule has 178 valence electrons. The number of hydrogen-bond donors (Lipinski definition) is 0. The zero-order valence-corrected chi connectivity index (χ0v) is 19.9. The molecule has 1 unspecified atom stereocenters. The number of rotatable bonds is 3. The van der Waals surface area contributed by atoms with E-state index in [1.165, 1.54) is 18.2 Å². The molecule has 0 N–H and O–H groups in total. The van der Waals surface area contributed by atoms with Crippen LogP contribution in [-0.2, 0) is 4.79 Å². The van der Waals surface area contributed by atoms with Gasteiger partial charge in [-0.1, -0.05) is 18.2 Å². The van der Waals surface area contributed by atoms with E-state index in [4.69, 9.17) is 0 Å². The SMILES string of the molecule is Cc1cc(F)ccc1C(=O)N1CC2(C1)C(C(=O)N1CCCC1)c1ccccc1C(=O)N2C(C)C. The second kappa shape index (κ2) is 8.22. The number of halogens is 1. The van der Waals surface area contributed by atoms with Gasteiger partial charge in [0.05, 0.1) is 11.5 Å². The molecule has 0 saturated carbocycles. The molecule has 3 heterocycles. The average Bonchev–Trinajstić information content (AvgIpc) is 3.31. The monoisotopic (exact) mass is 463 g/mol. The number of likely N-dealkylation sites (tertiary alicyclic amines) is 2. The summed E-state index contributed by atoms with van der Waals surface area (Å²) in [4.78, 5) is 46.3. The maximum atomic E-state index is 13.9. The van der Waals surface area contributed by atoms with Gasteiger partial charge in [0.2, 0.25) is 5.91 Å². The lowest BCUT2D eigenvalue weighted by atomic mass is 9.67. The minimum atomic E-state index is -0.803. The lowest BCUT2D eigenvalue weighted by molar-refractivity contribution is -0.141. The second-order valence-corrected chi connectivity index (χ2v) is 10.0. The summed E-state index contributed by atoms with van der Waals surface area (Å²) < 4.78 is 13.6. The van der Waals surface area contributed by atoms with Crippen molar-refractivity contribution in [3.05, 3.63) is 70.5 Å². The number of aryl methyl sites for hydroxylation is 1. The summed E-state index contributed by atoms with van der Waals surface area (Å²) in [5.74, 6) is -1.18. The molecule has 1 atom stereocenters. The number of hydrogen-bond acceptors (Lipinski definition) is 3. The van der Waals surface area contributed by atoms with E-state index in [2.05, 4.69) is 0 Å². The van der Waals surface area contributed by atoms with E-state index < -0.39 is 11.5 Å². The standard InChI is InChI=1S/C27H30FN3O3/c1-17(2)31-25(33)22-9-5-4-8-21(22)23(26(34)29-12-6-7-13-29)27(31)15-30(16-27)24(32)20-11-10-19(28)14-18(20)3/h4-5,8-11,14,17,23H,6-7,12-13,15-16H2,1-3H3. The largest absolute Gasteiger partial charge is 0.342 e. The highest BCUT2D eigenvalue weighted by molar-refractivity contribution is 6.03. The minimum absolute atomic E-state index is 0.0353. The summed E-state index contributed by atoms with van der Waals surface area (Å²) in [6, 6.07) is 11.4. The van der Waals surface area contributed by atoms with Crippen LogP contribution >= 0.6 is 0 Å². The van der Waals surface area contributed by atoms with Crippen LogP contribution in [0.2, 0.25) is 0 Å². The highest BCUT2D eigenvalue weighted by Crippen LogP contribution is 2.48. The van der Waals surface area contributed by atoms with Crippen LogP contribution in [0.25, 0.3) is 0 Å². The van der Waals surface area contributed by atoms with Crippen molar-refractivity contribution in [3.8, 4) is 0 Å². The van der Waals surface area contributed by atoms with Crippen molar-refractivity contribution in [1.29, 1.82) is 0 Å². The fraction of sp³-hybridized carbons (Fsp3) is 0.444. The van der Waals surface area contributed by atoms with Crippen LogP contribution in [-0.4, -0.2) is 70.2 Å². The molecule has 0 aromatic heterocycles. The maximum absolute atomic E-state index is 13.9. The molecule has 2 aromatic carbocycles. The molecule has 0 aliphatic carbocycles. The van der Waals surface area contributed by atoms with Crippen LogP contribution in [0.15, 0.2) is 42.5 Å². The molecular weight excluding hydrogens is 433 g/mol. The number of carbonyl (C=O) groups excluding carboxylic acids is 3. The predicted octanol–water partition coefficient (Wildman–Crippen LogP) is 3.60. The fourth-order valence-electron chi connectivity index (χ4n) is 6.07. The number of carbonyl (C=O) groups is 3. The van der Waals surface area contributed by atoms with Crippen molar-refractivity contribution in [3.63, 3.8) is 0 Å². The second-order valence-electron chi connectivity index (χ2n) is 10.0. The lowest BCUT2D eigenvalue weighted by Crippen LogP contribution is -2.78. The topological polar surface area (TPSA) is 60.9 Å². The van der Waals surface area contributed by atoms with Gasteiger partial charge in [-0.15, -0.1) is 0 Å². The van der Waals surface area contributed by atoms with Crippen LogP contribution in [0.4, 0.5) is 4.39 Å². The first-order chi connectivity index (χ1) is 16.2. The van der Waals surface area contributed by atoms with Gasteiger partial charge in [0.1, 0.15) is 5.82 Å². The summed E-state index contributed by atoms with van der Waals surface area (Å²) in [5, 5.41) is 0. The molecule has 5 rings (SSSR count). The summed E-state index contributed by atoms with van der Waals surface area (Å²) in [6.07, 6.45) is 1.96. The van der Waals surface area contributed by atoms with Crippen LogP contribution in [0.5, 0.6) is 0 Å². The van der Waals surface area contributed by atoms with Gasteiger partial charge in [0, 0.05) is 43.3 Å². The van der Waals surface area contributed by atoms with Gasteiger partial charge in [-0.05, 0) is 69.0 Å². The average molecular weight is 464 g/mol. The normalized spacial score (nSPS) is 21.1. The van der Waals surface area contributed by atoms with Crippen molar-refractivity contribution in [2.45, 2.75) is 51.1 Å². The molecule has 2 aromatic rings. The van der Waals surface area contributed by atoms with E-state index in [1.54, 1.807) is 17.9 Å². The molecule has 3 aliphatic rings. The van der Waals surface area contributed by atoms with E-state index in [-0.39, 0.29) is 42.7 Å². The van der Waals surface area contributed by atoms with Gasteiger partial charge < -0.3 is 14.7 Å². The molecular formula is C27H30FN3O3. The first kappa shape index (κ1) is 22.6. The molecule has 0 bridgehead atoms. The van der Waals surface area contributed by atoms with E-state index in [0.29, 0.717) is 16.7 Å². The number of fused-ring (bicyclic) bond motifs is 1. The van der Waals surface area contributed by atoms with E-state index in [0.717, 1.165) is 31.5 Å². The zero-order valence-electron chi connectivity index (χ0n) is 19.9. The predicted molar refractivity (Wildman–Crippen MR) is 126 cm³/mol. The third kappa shape index (κ3) is 3.32. The molecule has 0 radical (unpaired) electrons. The van der Waals surface area contributed by atoms with Crippen molar-refractivity contribution in [2.75, 3.05) is 26.2 Å². The van der Waals surface area contributed by atoms with Gasteiger partial charge in [-0.2, -0.15) is 0 Å². The Hall–Kier alpha value is -3.22. The minimum Gasteiger partial charge on any atom is -0.342 e. The van der Waals surface area contributed by atoms with Crippen molar-refractivity contribution in [2.24, 2.45) is 0 Å². The first-order valence-corrected chi connectivity index (χ1v) is 12.0. The summed E-state index contributed by atoms with van der Waals surface area (Å²) in [6.45, 7) is 7.61. The number of benzene rings is 2. The van der Waals surface area contributed by atoms with Gasteiger partial charge >= 0.3 is 0 Å². The number of amides is 3. The maximum Gasteiger partial charge on any atom is 0.255 e. The van der Waals surface area contributed by atoms with E-state index in [1.807, 2.05) is 41.8 Å². The number of nitrogens with zero attached hydrogens (tertiary/aromatic N) is 3. The quantitative estimate of drug-likeness (QED) is 0.699. The Morgan fingerprint density at radius 2 is 1.71 bits per heavy atom. The van der Waals surface area contributed by atoms with E-state index >= 15 is 0 Å². The molecule has 3 amide bonds. The van der Waals surface area contributed by atoms with Gasteiger partial charge in [-0.25, -0.2) is 4.39 Å². The Morgan fingerprint density at radius 3 is 2.35 bits per heavy atom. The summed E-state index contributed by atoms with van der Waals surface area (Å²) in [7, 11) is 0. The fourth-order valence-corrected chi connectivity index (χ4v) is 6.07. The van der Waals surface area contributed by atoms with Crippen LogP contribution in [0.3, 0.4) is 0 Å². The first-order valence-electron chi connectivity index (χ1n) is 12.0. The van der Waals surface area contributed by atoms with E-state index in [9.17, 15) is 18.8 Å². The Bertz CT molecular complexity index is 1170. The van der Waals surface area contributed by atoms with Crippen molar-refractivity contribution >= 4 is 17.7 Å². The van der Waals surface area contributed by atoms with Crippen LogP contribution in [0.1, 0.15) is 64.4 Å². The van der Waals surface area contributed by atoms with Crippen LogP contribution in [0, 0.1) is 12.7 Å². The zero-order chi connectivity index (χ0) is 24.2. The molecule has 7 heteroatoms. The molecule has 6 nitrogen and oxygen atoms in total. The highest BCUT2D eigenvalue weighted by atomic mass is 19.1. The van der Waals surface area contributed by atoms with Gasteiger partial charge in [0.15, 0.2) is 0 Å². The Morgan fingerprint density at radius 1 is 1.03 bits per heavy atom.